The maximum Gasteiger partial charge on any atom is 0 e. The fraction of sp³-hybridized carbons (Fsp3) is 0.706. The molecule has 150 valence electrons. The molecular formula is C17H34F3GeO3Zr-. The zero-order valence-electron chi connectivity index (χ0n) is 15.6. The van der Waals surface area contributed by atoms with Gasteiger partial charge in [-0.2, -0.15) is 0 Å². The first-order valence-electron chi connectivity index (χ1n) is 8.46. The van der Waals surface area contributed by atoms with Crippen molar-refractivity contribution in [2.24, 2.45) is 0 Å². The third-order valence-electron chi connectivity index (χ3n) is 2.53. The molecule has 0 bridgehead atoms. The summed E-state index contributed by atoms with van der Waals surface area (Å²) >= 11 is -5.94. The van der Waals surface area contributed by atoms with Gasteiger partial charge >= 0.3 is 53.8 Å². The maximum absolute atomic E-state index is 11.8. The Morgan fingerprint density at radius 2 is 1.00 bits per heavy atom. The molecule has 25 heavy (non-hydrogen) atoms. The Bertz CT molecular complexity index is 290. The molecule has 0 aliphatic heterocycles. The van der Waals surface area contributed by atoms with Crippen LogP contribution in [0.2, 0.25) is 0 Å². The number of hydrogen-bond acceptors (Lipinski definition) is 3. The van der Waals surface area contributed by atoms with Gasteiger partial charge in [0.15, 0.2) is 0 Å². The average Bonchev–Trinajstić information content (AvgIpc) is 3.06. The summed E-state index contributed by atoms with van der Waals surface area (Å²) in [4.78, 5) is 0. The molecule has 0 radical (unpaired) electrons. The van der Waals surface area contributed by atoms with E-state index in [1.807, 2.05) is 0 Å². The van der Waals surface area contributed by atoms with E-state index in [4.69, 9.17) is 15.3 Å². The third kappa shape index (κ3) is 32.6. The number of aliphatic hydroxyl groups is 3. The Labute approximate surface area is 174 Å². The Morgan fingerprint density at radius 1 is 0.720 bits per heavy atom. The first kappa shape index (κ1) is 33.1. The van der Waals surface area contributed by atoms with Gasteiger partial charge in [0.1, 0.15) is 0 Å². The second-order valence-electron chi connectivity index (χ2n) is 4.90. The number of hydrogen-bond donors (Lipinski definition) is 3. The van der Waals surface area contributed by atoms with E-state index >= 15 is 0 Å². The van der Waals surface area contributed by atoms with E-state index in [0.717, 1.165) is 50.7 Å². The Kier molecular flexibility index (Phi) is 35.3. The van der Waals surface area contributed by atoms with E-state index < -0.39 is 19.1 Å². The summed E-state index contributed by atoms with van der Waals surface area (Å²) in [6.07, 6.45) is 6.11. The number of aliphatic hydroxyl groups excluding tert-OH is 3. The quantitative estimate of drug-likeness (QED) is 0.389. The van der Waals surface area contributed by atoms with E-state index in [0.29, 0.717) is 19.8 Å². The van der Waals surface area contributed by atoms with Crippen molar-refractivity contribution in [3.05, 3.63) is 24.3 Å². The number of halogens is 3. The van der Waals surface area contributed by atoms with Gasteiger partial charge in [0.05, 0.1) is 0 Å². The first-order valence-corrected chi connectivity index (χ1v) is 11.9. The normalized spacial score (nSPS) is 9.32. The molecule has 0 aromatic heterocycles. The largest absolute Gasteiger partial charge is 0 e. The molecule has 0 aliphatic rings. The van der Waals surface area contributed by atoms with Gasteiger partial charge < -0.3 is 15.3 Å². The van der Waals surface area contributed by atoms with Crippen molar-refractivity contribution in [1.82, 2.24) is 0 Å². The Morgan fingerprint density at radius 3 is 1.08 bits per heavy atom. The van der Waals surface area contributed by atoms with Crippen molar-refractivity contribution in [3.63, 3.8) is 0 Å². The van der Waals surface area contributed by atoms with Crippen molar-refractivity contribution in [2.75, 3.05) is 19.8 Å². The zero-order chi connectivity index (χ0) is 19.3. The molecule has 0 saturated heterocycles. The van der Waals surface area contributed by atoms with Gasteiger partial charge in [0.25, 0.3) is 0 Å². The van der Waals surface area contributed by atoms with Crippen LogP contribution in [0, 0.1) is 0 Å². The summed E-state index contributed by atoms with van der Waals surface area (Å²) in [6, 6.07) is 5.07. The van der Waals surface area contributed by atoms with Crippen LogP contribution in [0.5, 0.6) is 0 Å². The first-order chi connectivity index (χ1) is 11.3. The van der Waals surface area contributed by atoms with Gasteiger partial charge in [0.2, 0.25) is 0 Å². The van der Waals surface area contributed by atoms with Gasteiger partial charge in [-0.15, -0.1) is 0 Å². The molecule has 0 spiro atoms. The molecule has 8 heteroatoms. The van der Waals surface area contributed by atoms with Crippen LogP contribution in [-0.4, -0.2) is 49.8 Å². The zero-order valence-corrected chi connectivity index (χ0v) is 20.2. The predicted octanol–water partition coefficient (Wildman–Crippen LogP) is 3.79. The molecule has 3 nitrogen and oxygen atoms in total. The maximum atomic E-state index is 11.8. The van der Waals surface area contributed by atoms with Gasteiger partial charge in [-0.3, -0.25) is 0 Å². The van der Waals surface area contributed by atoms with E-state index in [9.17, 15) is 10.5 Å². The third-order valence-corrected chi connectivity index (χ3v) is 4.60. The fourth-order valence-corrected chi connectivity index (χ4v) is 2.23. The van der Waals surface area contributed by atoms with Crippen LogP contribution in [0.25, 0.3) is 0 Å². The minimum atomic E-state index is -5.94. The molecule has 0 aliphatic carbocycles. The second kappa shape index (κ2) is 26.7. The minimum Gasteiger partial charge on any atom is 0 e. The Hall–Kier alpha value is 0.446. The predicted molar refractivity (Wildman–Crippen MR) is 96.7 cm³/mol. The van der Waals surface area contributed by atoms with Crippen LogP contribution in [-0.2, 0) is 26.2 Å². The molecule has 0 amide bonds. The van der Waals surface area contributed by atoms with Crippen molar-refractivity contribution in [2.45, 2.75) is 59.3 Å². The smallest absolute Gasteiger partial charge is 0 e. The van der Waals surface area contributed by atoms with E-state index in [2.05, 4.69) is 20.8 Å². The van der Waals surface area contributed by atoms with Crippen molar-refractivity contribution in [1.29, 1.82) is 0 Å². The molecule has 3 N–H and O–H groups in total. The summed E-state index contributed by atoms with van der Waals surface area (Å²) in [5, 5.41) is 24.2. The van der Waals surface area contributed by atoms with Crippen LogP contribution < -0.4 is 4.40 Å². The summed E-state index contributed by atoms with van der Waals surface area (Å²) in [5.41, 5.74) is 0. The summed E-state index contributed by atoms with van der Waals surface area (Å²) in [7, 11) is 0. The summed E-state index contributed by atoms with van der Waals surface area (Å²) in [5.74, 6) is 0. The molecule has 0 saturated carbocycles. The molecule has 0 heterocycles. The van der Waals surface area contributed by atoms with Crippen LogP contribution >= 0.6 is 0 Å². The fourth-order valence-electron chi connectivity index (χ4n) is 1.04. The van der Waals surface area contributed by atoms with Gasteiger partial charge in [-0.1, -0.05) is 40.0 Å². The monoisotopic (exact) mass is 507 g/mol. The number of rotatable bonds is 7. The molecule has 0 unspecified atom stereocenters. The topological polar surface area (TPSA) is 60.7 Å². The molecule has 1 aromatic rings. The average molecular weight is 507 g/mol. The van der Waals surface area contributed by atoms with Crippen LogP contribution in [0.15, 0.2) is 24.3 Å². The van der Waals surface area contributed by atoms with E-state index in [1.54, 1.807) is 0 Å². The van der Waals surface area contributed by atoms with Crippen LogP contribution in [0.4, 0.5) is 10.5 Å². The van der Waals surface area contributed by atoms with Crippen molar-refractivity contribution < 1.29 is 52.0 Å². The number of unbranched alkanes of at least 4 members (excludes halogenated alkanes) is 3. The molecule has 1 aromatic carbocycles. The van der Waals surface area contributed by atoms with Crippen molar-refractivity contribution >= 4 is 19.1 Å². The van der Waals surface area contributed by atoms with Crippen molar-refractivity contribution in [3.8, 4) is 0 Å². The summed E-state index contributed by atoms with van der Waals surface area (Å²) in [6.45, 7) is 7.19. The Balaban J connectivity index is -0.000000122. The summed E-state index contributed by atoms with van der Waals surface area (Å²) < 4.78 is 35.0. The standard InChI is InChI=1S/C5H4F3Ge.3C4H10O.Zr/c6-9(7,8)5-3-1-2-4-5;3*1-2-3-4-5;/h1-4H;3*5H,2-4H2,1H3;/q-1;;;;. The minimum absolute atomic E-state index is 0. The van der Waals surface area contributed by atoms with Gasteiger partial charge in [0, 0.05) is 46.0 Å². The molecular weight excluding hydrogens is 473 g/mol. The van der Waals surface area contributed by atoms with Crippen LogP contribution in [0.1, 0.15) is 59.3 Å². The van der Waals surface area contributed by atoms with Gasteiger partial charge in [-0.05, 0) is 19.3 Å². The van der Waals surface area contributed by atoms with Gasteiger partial charge in [-0.25, -0.2) is 0 Å². The SMILES string of the molecule is CCCCO.CCCCO.CCCCO.[F][Ge]([F])([F])[c-]1cccc1.[Zr]. The second-order valence-corrected chi connectivity index (χ2v) is 8.20. The van der Waals surface area contributed by atoms with Crippen LogP contribution in [0.3, 0.4) is 0 Å². The molecule has 0 atom stereocenters. The molecule has 1 rings (SSSR count). The van der Waals surface area contributed by atoms with E-state index in [1.165, 1.54) is 12.1 Å². The molecule has 0 fully saturated rings. The van der Waals surface area contributed by atoms with E-state index in [-0.39, 0.29) is 26.2 Å².